The smallest absolute Gasteiger partial charge is 0.221 e. The number of aliphatic imine (C=N–C) groups is 2. The molecule has 0 aromatic carbocycles. The van der Waals surface area contributed by atoms with Crippen LogP contribution in [0.1, 0.15) is 31.5 Å². The summed E-state index contributed by atoms with van der Waals surface area (Å²) in [5, 5.41) is 0. The van der Waals surface area contributed by atoms with Gasteiger partial charge in [0.2, 0.25) is 11.9 Å². The number of nitrogens with two attached hydrogens (primary N) is 2. The quantitative estimate of drug-likeness (QED) is 0.681. The number of aromatic amines is 1. The van der Waals surface area contributed by atoms with E-state index in [0.29, 0.717) is 12.5 Å². The van der Waals surface area contributed by atoms with Crippen LogP contribution in [0.5, 0.6) is 0 Å². The highest BCUT2D eigenvalue weighted by molar-refractivity contribution is 5.95. The third-order valence-corrected chi connectivity index (χ3v) is 2.66. The van der Waals surface area contributed by atoms with Gasteiger partial charge in [-0.25, -0.2) is 9.98 Å². The molecule has 1 aromatic rings. The van der Waals surface area contributed by atoms with Gasteiger partial charge in [0.25, 0.3) is 0 Å². The Morgan fingerprint density at radius 2 is 2.18 bits per heavy atom. The molecule has 7 heteroatoms. The lowest BCUT2D eigenvalue weighted by atomic mass is 10.3. The molecule has 0 fully saturated rings. The van der Waals surface area contributed by atoms with Gasteiger partial charge < -0.3 is 21.4 Å². The Bertz CT molecular complexity index is 459. The minimum atomic E-state index is -0.283. The molecule has 0 saturated heterocycles. The third-order valence-electron chi connectivity index (χ3n) is 2.66. The predicted octanol–water partition coefficient (Wildman–Crippen LogP) is -0.0644. The number of aryl methyl sites for hydroxylation is 1. The molecule has 0 bridgehead atoms. The lowest BCUT2D eigenvalue weighted by Crippen LogP contribution is -2.44. The highest BCUT2D eigenvalue weighted by atomic mass is 15.4. The molecule has 17 heavy (non-hydrogen) atoms. The minimum Gasteiger partial charge on any atom is -0.369 e. The van der Waals surface area contributed by atoms with Crippen molar-refractivity contribution in [1.82, 2.24) is 14.9 Å². The van der Waals surface area contributed by atoms with Crippen molar-refractivity contribution < 1.29 is 0 Å². The molecule has 1 atom stereocenters. The van der Waals surface area contributed by atoms with Crippen LogP contribution in [-0.4, -0.2) is 33.3 Å². The van der Waals surface area contributed by atoms with Crippen molar-refractivity contribution in [3.63, 3.8) is 0 Å². The van der Waals surface area contributed by atoms with E-state index < -0.39 is 0 Å². The number of nitrogens with zero attached hydrogens (tertiary/aromatic N) is 4. The topological polar surface area (TPSA) is 109 Å². The van der Waals surface area contributed by atoms with Gasteiger partial charge in [-0.1, -0.05) is 6.92 Å². The molecular formula is C10H17N7. The second-order valence-electron chi connectivity index (χ2n) is 3.74. The van der Waals surface area contributed by atoms with E-state index in [0.717, 1.165) is 17.9 Å². The molecule has 92 valence electrons. The van der Waals surface area contributed by atoms with Crippen molar-refractivity contribution in [1.29, 1.82) is 0 Å². The summed E-state index contributed by atoms with van der Waals surface area (Å²) >= 11 is 0. The molecule has 0 amide bonds. The van der Waals surface area contributed by atoms with Crippen LogP contribution in [0.4, 0.5) is 0 Å². The first-order valence-corrected chi connectivity index (χ1v) is 5.64. The molecule has 0 radical (unpaired) electrons. The zero-order chi connectivity index (χ0) is 12.4. The van der Waals surface area contributed by atoms with Crippen LogP contribution in [0.25, 0.3) is 0 Å². The number of aromatic nitrogens is 2. The fourth-order valence-electron chi connectivity index (χ4n) is 1.78. The van der Waals surface area contributed by atoms with Crippen LogP contribution in [0.2, 0.25) is 0 Å². The average Bonchev–Trinajstić information content (AvgIpc) is 2.76. The molecule has 0 spiro atoms. The largest absolute Gasteiger partial charge is 0.369 e. The molecule has 7 nitrogen and oxygen atoms in total. The summed E-state index contributed by atoms with van der Waals surface area (Å²) in [6.45, 7) is 4.72. The van der Waals surface area contributed by atoms with Crippen molar-refractivity contribution in [2.75, 3.05) is 6.54 Å². The van der Waals surface area contributed by atoms with Crippen LogP contribution >= 0.6 is 0 Å². The number of hydrogen-bond donors (Lipinski definition) is 3. The van der Waals surface area contributed by atoms with E-state index in [2.05, 4.69) is 20.0 Å². The van der Waals surface area contributed by atoms with Gasteiger partial charge >= 0.3 is 0 Å². The zero-order valence-corrected chi connectivity index (χ0v) is 10.0. The number of H-pyrrole nitrogens is 1. The van der Waals surface area contributed by atoms with E-state index in [1.54, 1.807) is 0 Å². The van der Waals surface area contributed by atoms with Crippen LogP contribution in [0, 0.1) is 0 Å². The molecule has 5 N–H and O–H groups in total. The van der Waals surface area contributed by atoms with Gasteiger partial charge in [-0.15, -0.1) is 0 Å². The standard InChI is InChI=1S/C10H17N7/c1-3-7-13-5-6(14-7)8-15-9(11)16-10(12)17(8)4-2/h5,8H,3-4H2,1-2H3,(H,13,14)(H4,11,12,15,16). The first kappa shape index (κ1) is 11.4. The number of hydrogen-bond acceptors (Lipinski definition) is 6. The molecule has 1 aliphatic heterocycles. The lowest BCUT2D eigenvalue weighted by Gasteiger charge is -2.30. The van der Waals surface area contributed by atoms with Crippen molar-refractivity contribution in [3.8, 4) is 0 Å². The van der Waals surface area contributed by atoms with Crippen LogP contribution < -0.4 is 11.5 Å². The fourth-order valence-corrected chi connectivity index (χ4v) is 1.78. The Kier molecular flexibility index (Phi) is 2.99. The summed E-state index contributed by atoms with van der Waals surface area (Å²) in [7, 11) is 0. The summed E-state index contributed by atoms with van der Waals surface area (Å²) in [5.74, 6) is 1.50. The first-order valence-electron chi connectivity index (χ1n) is 5.64. The van der Waals surface area contributed by atoms with E-state index in [-0.39, 0.29) is 12.1 Å². The Balaban J connectivity index is 2.33. The van der Waals surface area contributed by atoms with Crippen molar-refractivity contribution in [3.05, 3.63) is 17.7 Å². The van der Waals surface area contributed by atoms with Crippen molar-refractivity contribution in [2.45, 2.75) is 26.4 Å². The second kappa shape index (κ2) is 4.44. The maximum absolute atomic E-state index is 5.82. The molecular weight excluding hydrogens is 218 g/mol. The predicted molar refractivity (Wildman–Crippen MR) is 66.3 cm³/mol. The van der Waals surface area contributed by atoms with Crippen molar-refractivity contribution in [2.24, 2.45) is 21.5 Å². The van der Waals surface area contributed by atoms with Gasteiger partial charge in [0.1, 0.15) is 11.5 Å². The number of imidazole rings is 1. The van der Waals surface area contributed by atoms with Crippen LogP contribution in [0.3, 0.4) is 0 Å². The molecule has 0 saturated carbocycles. The third kappa shape index (κ3) is 2.08. The Labute approximate surface area is 99.6 Å². The molecule has 2 heterocycles. The fraction of sp³-hybridized carbons (Fsp3) is 0.500. The number of nitrogens with one attached hydrogen (secondary N) is 1. The first-order chi connectivity index (χ1) is 8.15. The highest BCUT2D eigenvalue weighted by Gasteiger charge is 2.26. The van der Waals surface area contributed by atoms with E-state index in [4.69, 9.17) is 11.5 Å². The Hall–Kier alpha value is -2.05. The lowest BCUT2D eigenvalue weighted by molar-refractivity contribution is 0.326. The Morgan fingerprint density at radius 1 is 1.41 bits per heavy atom. The van der Waals surface area contributed by atoms with Gasteiger partial charge in [-0.3, -0.25) is 0 Å². The molecule has 1 unspecified atom stereocenters. The normalized spacial score (nSPS) is 20.1. The van der Waals surface area contributed by atoms with Gasteiger partial charge in [-0.2, -0.15) is 4.99 Å². The van der Waals surface area contributed by atoms with Gasteiger partial charge in [0, 0.05) is 19.2 Å². The van der Waals surface area contributed by atoms with Gasteiger partial charge in [0.05, 0.1) is 0 Å². The zero-order valence-electron chi connectivity index (χ0n) is 10.0. The van der Waals surface area contributed by atoms with Crippen LogP contribution in [-0.2, 0) is 6.42 Å². The number of rotatable bonds is 3. The maximum atomic E-state index is 5.82. The Morgan fingerprint density at radius 3 is 2.76 bits per heavy atom. The van der Waals surface area contributed by atoms with E-state index >= 15 is 0 Å². The summed E-state index contributed by atoms with van der Waals surface area (Å²) < 4.78 is 0. The van der Waals surface area contributed by atoms with E-state index in [9.17, 15) is 0 Å². The minimum absolute atomic E-state index is 0.193. The molecule has 1 aliphatic rings. The van der Waals surface area contributed by atoms with Crippen molar-refractivity contribution >= 4 is 11.9 Å². The van der Waals surface area contributed by atoms with E-state index in [1.165, 1.54) is 0 Å². The summed E-state index contributed by atoms with van der Waals surface area (Å²) in [6.07, 6.45) is 2.40. The number of guanidine groups is 2. The summed E-state index contributed by atoms with van der Waals surface area (Å²) in [6, 6.07) is 0. The summed E-state index contributed by atoms with van der Waals surface area (Å²) in [5.41, 5.74) is 12.3. The monoisotopic (exact) mass is 235 g/mol. The highest BCUT2D eigenvalue weighted by Crippen LogP contribution is 2.22. The SMILES string of the molecule is CCc1nc(C2N=C(N)N=C(N)N2CC)c[nH]1. The van der Waals surface area contributed by atoms with Crippen LogP contribution in [0.15, 0.2) is 16.2 Å². The maximum Gasteiger partial charge on any atom is 0.221 e. The van der Waals surface area contributed by atoms with E-state index in [1.807, 2.05) is 24.9 Å². The molecule has 0 aliphatic carbocycles. The van der Waals surface area contributed by atoms with Gasteiger partial charge in [0.15, 0.2) is 6.17 Å². The second-order valence-corrected chi connectivity index (χ2v) is 3.74. The van der Waals surface area contributed by atoms with Gasteiger partial charge in [-0.05, 0) is 6.92 Å². The summed E-state index contributed by atoms with van der Waals surface area (Å²) in [4.78, 5) is 17.6. The molecule has 1 aromatic heterocycles. The molecule has 2 rings (SSSR count). The average molecular weight is 235 g/mol.